The Bertz CT molecular complexity index is 1020. The molecule has 3 nitrogen and oxygen atoms in total. The summed E-state index contributed by atoms with van der Waals surface area (Å²) in [6, 6.07) is 23.0. The monoisotopic (exact) mass is 385 g/mol. The fraction of sp³-hybridized carbons (Fsp3) is 0.192. The maximum absolute atomic E-state index is 10.8. The summed E-state index contributed by atoms with van der Waals surface area (Å²) in [4.78, 5) is 10.8. The second kappa shape index (κ2) is 9.35. The van der Waals surface area contributed by atoms with E-state index in [-0.39, 0.29) is 12.6 Å². The maximum Gasteiger partial charge on any atom is 0.317 e. The number of aliphatic carboxylic acids is 1. The lowest BCUT2D eigenvalue weighted by molar-refractivity contribution is -0.136. The second-order valence-electron chi connectivity index (χ2n) is 7.33. The van der Waals surface area contributed by atoms with Crippen LogP contribution in [0.2, 0.25) is 0 Å². The number of rotatable bonds is 7. The van der Waals surface area contributed by atoms with Crippen molar-refractivity contribution in [2.24, 2.45) is 0 Å². The second-order valence-corrected chi connectivity index (χ2v) is 7.33. The number of hydrogen-bond acceptors (Lipinski definition) is 2. The topological polar surface area (TPSA) is 49.3 Å². The van der Waals surface area contributed by atoms with Gasteiger partial charge in [-0.1, -0.05) is 72.8 Å². The van der Waals surface area contributed by atoms with Gasteiger partial charge < -0.3 is 10.4 Å². The van der Waals surface area contributed by atoms with E-state index in [0.717, 1.165) is 11.1 Å². The van der Waals surface area contributed by atoms with Crippen LogP contribution in [-0.4, -0.2) is 17.6 Å². The summed E-state index contributed by atoms with van der Waals surface area (Å²) >= 11 is 0. The van der Waals surface area contributed by atoms with Crippen LogP contribution in [0.15, 0.2) is 66.7 Å². The molecule has 1 unspecified atom stereocenters. The Balaban J connectivity index is 1.87. The van der Waals surface area contributed by atoms with Crippen molar-refractivity contribution < 1.29 is 9.90 Å². The van der Waals surface area contributed by atoms with Gasteiger partial charge >= 0.3 is 5.97 Å². The summed E-state index contributed by atoms with van der Waals surface area (Å²) in [5, 5.41) is 11.9. The lowest BCUT2D eigenvalue weighted by Crippen LogP contribution is -2.25. The van der Waals surface area contributed by atoms with Crippen molar-refractivity contribution in [2.75, 3.05) is 6.54 Å². The molecule has 0 radical (unpaired) electrons. The van der Waals surface area contributed by atoms with Crippen molar-refractivity contribution in [3.05, 3.63) is 94.5 Å². The first-order valence-corrected chi connectivity index (χ1v) is 9.84. The molecule has 148 valence electrons. The summed E-state index contributed by atoms with van der Waals surface area (Å²) < 4.78 is 0. The predicted molar refractivity (Wildman–Crippen MR) is 121 cm³/mol. The van der Waals surface area contributed by atoms with Crippen molar-refractivity contribution in [3.8, 4) is 11.1 Å². The van der Waals surface area contributed by atoms with Crippen molar-refractivity contribution in [3.63, 3.8) is 0 Å². The lowest BCUT2D eigenvalue weighted by Gasteiger charge is -2.14. The molecule has 2 N–H and O–H groups in total. The van der Waals surface area contributed by atoms with Gasteiger partial charge in [-0.15, -0.1) is 0 Å². The average Bonchev–Trinajstić information content (AvgIpc) is 2.73. The van der Waals surface area contributed by atoms with Crippen molar-refractivity contribution in [2.45, 2.75) is 26.8 Å². The van der Waals surface area contributed by atoms with E-state index in [1.807, 2.05) is 19.1 Å². The molecular weight excluding hydrogens is 358 g/mol. The molecule has 3 aromatic carbocycles. The van der Waals surface area contributed by atoms with Crippen LogP contribution < -0.4 is 5.32 Å². The Labute approximate surface area is 172 Å². The van der Waals surface area contributed by atoms with Gasteiger partial charge in [0.15, 0.2) is 0 Å². The smallest absolute Gasteiger partial charge is 0.317 e. The Morgan fingerprint density at radius 1 is 0.966 bits per heavy atom. The lowest BCUT2D eigenvalue weighted by atomic mass is 9.95. The largest absolute Gasteiger partial charge is 0.480 e. The highest BCUT2D eigenvalue weighted by atomic mass is 16.4. The van der Waals surface area contributed by atoms with Gasteiger partial charge in [-0.05, 0) is 65.8 Å². The van der Waals surface area contributed by atoms with E-state index >= 15 is 0 Å². The first kappa shape index (κ1) is 20.6. The molecule has 3 rings (SSSR count). The van der Waals surface area contributed by atoms with Crippen LogP contribution in [0.5, 0.6) is 0 Å². The zero-order valence-electron chi connectivity index (χ0n) is 17.1. The first-order chi connectivity index (χ1) is 14.0. The van der Waals surface area contributed by atoms with E-state index in [0.29, 0.717) is 0 Å². The zero-order valence-corrected chi connectivity index (χ0v) is 17.1. The molecule has 3 heteroatoms. The van der Waals surface area contributed by atoms with Gasteiger partial charge in [-0.2, -0.15) is 0 Å². The Kier molecular flexibility index (Phi) is 6.63. The molecule has 0 aromatic heterocycles. The molecule has 0 spiro atoms. The number of aryl methyl sites for hydroxylation is 1. The summed E-state index contributed by atoms with van der Waals surface area (Å²) in [6.07, 6.45) is 4.29. The highest BCUT2D eigenvalue weighted by Gasteiger charge is 2.09. The Hall–Kier alpha value is -3.17. The predicted octanol–water partition coefficient (Wildman–Crippen LogP) is 5.88. The van der Waals surface area contributed by atoms with Crippen LogP contribution in [0.25, 0.3) is 23.3 Å². The van der Waals surface area contributed by atoms with Crippen LogP contribution in [0.4, 0.5) is 0 Å². The van der Waals surface area contributed by atoms with Crippen molar-refractivity contribution >= 4 is 18.1 Å². The molecule has 0 amide bonds. The Morgan fingerprint density at radius 2 is 1.69 bits per heavy atom. The number of carbonyl (C=O) groups is 1. The SMILES string of the molecule is Cc1ccc(C(C)NCC(=O)O)cc1/C=C/c1cccc(-c2ccccc2)c1C. The van der Waals surface area contributed by atoms with E-state index in [1.165, 1.54) is 27.8 Å². The number of nitrogens with one attached hydrogen (secondary N) is 1. The number of benzene rings is 3. The van der Waals surface area contributed by atoms with Gasteiger partial charge in [0.25, 0.3) is 0 Å². The third-order valence-electron chi connectivity index (χ3n) is 5.27. The summed E-state index contributed by atoms with van der Waals surface area (Å²) in [5.74, 6) is -0.849. The minimum Gasteiger partial charge on any atom is -0.480 e. The maximum atomic E-state index is 10.8. The summed E-state index contributed by atoms with van der Waals surface area (Å²) in [6.45, 7) is 6.18. The molecule has 0 aliphatic heterocycles. The molecule has 0 heterocycles. The van der Waals surface area contributed by atoms with Gasteiger partial charge in [-0.3, -0.25) is 4.79 Å². The van der Waals surface area contributed by atoms with Gasteiger partial charge in [0, 0.05) is 6.04 Å². The molecular formula is C26H27NO2. The molecule has 0 aliphatic carbocycles. The minimum absolute atomic E-state index is 0.0259. The van der Waals surface area contributed by atoms with E-state index in [9.17, 15) is 4.79 Å². The van der Waals surface area contributed by atoms with E-state index < -0.39 is 5.97 Å². The first-order valence-electron chi connectivity index (χ1n) is 9.84. The highest BCUT2D eigenvalue weighted by molar-refractivity contribution is 5.78. The highest BCUT2D eigenvalue weighted by Crippen LogP contribution is 2.27. The van der Waals surface area contributed by atoms with Gasteiger partial charge in [0.1, 0.15) is 0 Å². The normalized spacial score (nSPS) is 12.2. The standard InChI is InChI=1S/C26H27NO2/c1-18-12-13-24(20(3)27-17-26(28)29)16-23(18)15-14-21-10-7-11-25(19(21)2)22-8-5-4-6-9-22/h4-16,20,27H,17H2,1-3H3,(H,28,29)/b15-14+. The van der Waals surface area contributed by atoms with Crippen LogP contribution >= 0.6 is 0 Å². The zero-order chi connectivity index (χ0) is 20.8. The third-order valence-corrected chi connectivity index (χ3v) is 5.27. The van der Waals surface area contributed by atoms with Crippen LogP contribution in [0.3, 0.4) is 0 Å². The van der Waals surface area contributed by atoms with Gasteiger partial charge in [0.2, 0.25) is 0 Å². The van der Waals surface area contributed by atoms with Crippen LogP contribution in [-0.2, 0) is 4.79 Å². The van der Waals surface area contributed by atoms with Crippen molar-refractivity contribution in [1.29, 1.82) is 0 Å². The fourth-order valence-electron chi connectivity index (χ4n) is 3.41. The van der Waals surface area contributed by atoms with Crippen molar-refractivity contribution in [1.82, 2.24) is 5.32 Å². The summed E-state index contributed by atoms with van der Waals surface area (Å²) in [5.41, 5.74) is 8.30. The van der Waals surface area contributed by atoms with E-state index in [1.54, 1.807) is 0 Å². The van der Waals surface area contributed by atoms with Crippen LogP contribution in [0, 0.1) is 13.8 Å². The van der Waals surface area contributed by atoms with E-state index in [4.69, 9.17) is 5.11 Å². The summed E-state index contributed by atoms with van der Waals surface area (Å²) in [7, 11) is 0. The van der Waals surface area contributed by atoms with Crippen LogP contribution in [0.1, 0.15) is 40.8 Å². The number of carboxylic acid groups (broad SMARTS) is 1. The molecule has 0 saturated heterocycles. The molecule has 1 atom stereocenters. The average molecular weight is 386 g/mol. The fourth-order valence-corrected chi connectivity index (χ4v) is 3.41. The molecule has 0 fully saturated rings. The number of hydrogen-bond donors (Lipinski definition) is 2. The minimum atomic E-state index is -0.849. The van der Waals surface area contributed by atoms with Gasteiger partial charge in [0.05, 0.1) is 6.54 Å². The molecule has 0 aliphatic rings. The quantitative estimate of drug-likeness (QED) is 0.500. The molecule has 3 aromatic rings. The molecule has 0 bridgehead atoms. The Morgan fingerprint density at radius 3 is 2.41 bits per heavy atom. The third kappa shape index (κ3) is 5.21. The van der Waals surface area contributed by atoms with E-state index in [2.05, 4.69) is 85.9 Å². The number of carboxylic acids is 1. The van der Waals surface area contributed by atoms with Gasteiger partial charge in [-0.25, -0.2) is 0 Å². The molecule has 29 heavy (non-hydrogen) atoms. The molecule has 0 saturated carbocycles.